The first-order valence-electron chi connectivity index (χ1n) is 11.7. The first kappa shape index (κ1) is 28.0. The Bertz CT molecular complexity index is 1160. The fourth-order valence-corrected chi connectivity index (χ4v) is 4.32. The summed E-state index contributed by atoms with van der Waals surface area (Å²) in [7, 11) is 0. The molecule has 0 aliphatic heterocycles. The zero-order valence-electron chi connectivity index (χ0n) is 20.2. The standard InChI is InChI=1S/C28H29BrCl2N2O3/c1-3-19(2)32-28(35)26(15-20-7-5-4-6-8-20)33(17-21-9-12-23(30)16-25(21)31)27(34)18-36-24-13-10-22(29)11-14-24/h4-14,16,19,26H,3,15,17-18H2,1-2H3,(H,32,35)/t19-,26+/m1/s1. The van der Waals surface area contributed by atoms with Gasteiger partial charge in [0.2, 0.25) is 5.91 Å². The van der Waals surface area contributed by atoms with Crippen molar-refractivity contribution in [1.82, 2.24) is 10.2 Å². The number of nitrogens with zero attached hydrogens (tertiary/aromatic N) is 1. The number of carbonyl (C=O) groups is 2. The van der Waals surface area contributed by atoms with Gasteiger partial charge in [0.1, 0.15) is 11.8 Å². The first-order valence-corrected chi connectivity index (χ1v) is 13.3. The van der Waals surface area contributed by atoms with Crippen molar-refractivity contribution in [2.45, 2.75) is 45.3 Å². The molecule has 3 rings (SSSR count). The summed E-state index contributed by atoms with van der Waals surface area (Å²) in [6, 6.07) is 21.2. The molecule has 0 spiro atoms. The van der Waals surface area contributed by atoms with Crippen LogP contribution < -0.4 is 10.1 Å². The fraction of sp³-hybridized carbons (Fsp3) is 0.286. The molecule has 2 amide bonds. The number of carbonyl (C=O) groups excluding carboxylic acids is 2. The monoisotopic (exact) mass is 590 g/mol. The van der Waals surface area contributed by atoms with Gasteiger partial charge in [-0.2, -0.15) is 0 Å². The van der Waals surface area contributed by atoms with Crippen LogP contribution in [0.5, 0.6) is 5.75 Å². The Kier molecular flexibility index (Phi) is 10.7. The van der Waals surface area contributed by atoms with Crippen LogP contribution in [0.3, 0.4) is 0 Å². The summed E-state index contributed by atoms with van der Waals surface area (Å²) < 4.78 is 6.68. The molecule has 0 fully saturated rings. The summed E-state index contributed by atoms with van der Waals surface area (Å²) in [4.78, 5) is 28.6. The van der Waals surface area contributed by atoms with Crippen LogP contribution in [-0.2, 0) is 22.6 Å². The van der Waals surface area contributed by atoms with E-state index in [9.17, 15) is 9.59 Å². The average Bonchev–Trinajstić information content (AvgIpc) is 2.87. The molecule has 3 aromatic rings. The fourth-order valence-electron chi connectivity index (χ4n) is 3.59. The molecule has 3 aromatic carbocycles. The van der Waals surface area contributed by atoms with Crippen molar-refractivity contribution in [2.24, 2.45) is 0 Å². The highest BCUT2D eigenvalue weighted by atomic mass is 79.9. The van der Waals surface area contributed by atoms with Crippen molar-refractivity contribution < 1.29 is 14.3 Å². The summed E-state index contributed by atoms with van der Waals surface area (Å²) >= 11 is 15.9. The maximum Gasteiger partial charge on any atom is 0.261 e. The summed E-state index contributed by atoms with van der Waals surface area (Å²) in [5, 5.41) is 3.96. The van der Waals surface area contributed by atoms with Crippen LogP contribution in [0.15, 0.2) is 77.3 Å². The van der Waals surface area contributed by atoms with Gasteiger partial charge in [-0.15, -0.1) is 0 Å². The van der Waals surface area contributed by atoms with Gasteiger partial charge < -0.3 is 15.0 Å². The van der Waals surface area contributed by atoms with Gasteiger partial charge in [-0.3, -0.25) is 9.59 Å². The van der Waals surface area contributed by atoms with Gasteiger partial charge in [-0.05, 0) is 60.9 Å². The topological polar surface area (TPSA) is 58.6 Å². The molecule has 0 aliphatic rings. The Hall–Kier alpha value is -2.54. The lowest BCUT2D eigenvalue weighted by atomic mass is 10.0. The van der Waals surface area contributed by atoms with E-state index in [2.05, 4.69) is 21.2 Å². The maximum absolute atomic E-state index is 13.6. The van der Waals surface area contributed by atoms with Crippen LogP contribution in [0.25, 0.3) is 0 Å². The Morgan fingerprint density at radius 3 is 2.36 bits per heavy atom. The van der Waals surface area contributed by atoms with E-state index in [0.717, 1.165) is 16.5 Å². The van der Waals surface area contributed by atoms with Crippen molar-refractivity contribution in [2.75, 3.05) is 6.61 Å². The van der Waals surface area contributed by atoms with E-state index < -0.39 is 6.04 Å². The molecule has 5 nitrogen and oxygen atoms in total. The largest absolute Gasteiger partial charge is 0.484 e. The minimum Gasteiger partial charge on any atom is -0.484 e. The molecule has 0 saturated carbocycles. The minimum atomic E-state index is -0.769. The SMILES string of the molecule is CC[C@@H](C)NC(=O)[C@H](Cc1ccccc1)N(Cc1ccc(Cl)cc1Cl)C(=O)COc1ccc(Br)cc1. The number of halogens is 3. The van der Waals surface area contributed by atoms with E-state index in [0.29, 0.717) is 27.8 Å². The van der Waals surface area contributed by atoms with Crippen LogP contribution >= 0.6 is 39.1 Å². The maximum atomic E-state index is 13.6. The number of rotatable bonds is 11. The molecular formula is C28H29BrCl2N2O3. The van der Waals surface area contributed by atoms with E-state index in [-0.39, 0.29) is 31.0 Å². The second-order valence-corrected chi connectivity index (χ2v) is 10.3. The molecule has 36 heavy (non-hydrogen) atoms. The molecule has 190 valence electrons. The van der Waals surface area contributed by atoms with Gasteiger partial charge in [0, 0.05) is 33.5 Å². The lowest BCUT2D eigenvalue weighted by Crippen LogP contribution is -2.53. The second-order valence-electron chi connectivity index (χ2n) is 8.52. The van der Waals surface area contributed by atoms with E-state index in [4.69, 9.17) is 27.9 Å². The lowest BCUT2D eigenvalue weighted by Gasteiger charge is -2.32. The predicted molar refractivity (Wildman–Crippen MR) is 148 cm³/mol. The van der Waals surface area contributed by atoms with Crippen molar-refractivity contribution in [3.63, 3.8) is 0 Å². The molecule has 0 unspecified atom stereocenters. The van der Waals surface area contributed by atoms with E-state index in [1.807, 2.05) is 56.3 Å². The first-order chi connectivity index (χ1) is 17.3. The Morgan fingerprint density at radius 2 is 1.72 bits per heavy atom. The zero-order chi connectivity index (χ0) is 26.1. The molecule has 8 heteroatoms. The minimum absolute atomic E-state index is 0.0362. The molecule has 1 N–H and O–H groups in total. The smallest absolute Gasteiger partial charge is 0.261 e. The highest BCUT2D eigenvalue weighted by Crippen LogP contribution is 2.24. The van der Waals surface area contributed by atoms with E-state index >= 15 is 0 Å². The highest BCUT2D eigenvalue weighted by molar-refractivity contribution is 9.10. The Morgan fingerprint density at radius 1 is 1.03 bits per heavy atom. The van der Waals surface area contributed by atoms with Gasteiger partial charge in [0.05, 0.1) is 0 Å². The van der Waals surface area contributed by atoms with E-state index in [1.54, 1.807) is 35.2 Å². The molecule has 2 atom stereocenters. The van der Waals surface area contributed by atoms with Gasteiger partial charge in [0.25, 0.3) is 5.91 Å². The van der Waals surface area contributed by atoms with Crippen LogP contribution in [-0.4, -0.2) is 35.4 Å². The summed E-state index contributed by atoms with van der Waals surface area (Å²) in [5.41, 5.74) is 1.63. The summed E-state index contributed by atoms with van der Waals surface area (Å²) in [6.07, 6.45) is 1.12. The number of nitrogens with one attached hydrogen (secondary N) is 1. The van der Waals surface area contributed by atoms with Crippen LogP contribution in [0.2, 0.25) is 10.0 Å². The lowest BCUT2D eigenvalue weighted by molar-refractivity contribution is -0.143. The number of hydrogen-bond acceptors (Lipinski definition) is 3. The zero-order valence-corrected chi connectivity index (χ0v) is 23.3. The van der Waals surface area contributed by atoms with Crippen LogP contribution in [0, 0.1) is 0 Å². The third kappa shape index (κ3) is 8.26. The number of ether oxygens (including phenoxy) is 1. The molecule has 0 aliphatic carbocycles. The molecule has 0 radical (unpaired) electrons. The van der Waals surface area contributed by atoms with Crippen molar-refractivity contribution in [3.05, 3.63) is 98.4 Å². The van der Waals surface area contributed by atoms with Crippen molar-refractivity contribution >= 4 is 50.9 Å². The third-order valence-corrected chi connectivity index (χ3v) is 6.92. The average molecular weight is 592 g/mol. The molecule has 0 saturated heterocycles. The molecule has 0 heterocycles. The molecule has 0 bridgehead atoms. The number of hydrogen-bond donors (Lipinski definition) is 1. The molecular weight excluding hydrogens is 563 g/mol. The highest BCUT2D eigenvalue weighted by Gasteiger charge is 2.31. The van der Waals surface area contributed by atoms with Gasteiger partial charge in [-0.25, -0.2) is 0 Å². The number of amides is 2. The van der Waals surface area contributed by atoms with Crippen molar-refractivity contribution in [1.29, 1.82) is 0 Å². The Labute approximate surface area is 230 Å². The van der Waals surface area contributed by atoms with Gasteiger partial charge in [0.15, 0.2) is 6.61 Å². The summed E-state index contributed by atoms with van der Waals surface area (Å²) in [6.45, 7) is 3.84. The number of benzene rings is 3. The van der Waals surface area contributed by atoms with Crippen LogP contribution in [0.1, 0.15) is 31.4 Å². The van der Waals surface area contributed by atoms with E-state index in [1.165, 1.54) is 0 Å². The van der Waals surface area contributed by atoms with Gasteiger partial charge >= 0.3 is 0 Å². The predicted octanol–water partition coefficient (Wildman–Crippen LogP) is 6.69. The summed E-state index contributed by atoms with van der Waals surface area (Å²) in [5.74, 6) is -0.000796. The molecule has 0 aromatic heterocycles. The Balaban J connectivity index is 1.93. The third-order valence-electron chi connectivity index (χ3n) is 5.80. The van der Waals surface area contributed by atoms with Gasteiger partial charge in [-0.1, -0.05) is 82.5 Å². The quantitative estimate of drug-likeness (QED) is 0.270. The normalized spacial score (nSPS) is 12.5. The second kappa shape index (κ2) is 13.7. The van der Waals surface area contributed by atoms with Crippen LogP contribution in [0.4, 0.5) is 0 Å². The van der Waals surface area contributed by atoms with Crippen molar-refractivity contribution in [3.8, 4) is 5.75 Å².